The van der Waals surface area contributed by atoms with Crippen molar-refractivity contribution in [3.8, 4) is 0 Å². The molecule has 2 aliphatic rings. The summed E-state index contributed by atoms with van der Waals surface area (Å²) in [7, 11) is 0. The largest absolute Gasteiger partial charge is 0.480 e. The maximum atomic E-state index is 12.1. The number of nitrogens with zero attached hydrogens (tertiary/aromatic N) is 2. The molecule has 0 aromatic carbocycles. The Kier molecular flexibility index (Phi) is 7.34. The van der Waals surface area contributed by atoms with Gasteiger partial charge in [-0.3, -0.25) is 4.79 Å². The van der Waals surface area contributed by atoms with E-state index in [1.165, 1.54) is 12.0 Å². The van der Waals surface area contributed by atoms with Crippen LogP contribution in [-0.4, -0.2) is 59.1 Å². The van der Waals surface area contributed by atoms with E-state index in [9.17, 15) is 14.7 Å². The molecule has 0 radical (unpaired) electrons. The first-order valence-corrected chi connectivity index (χ1v) is 11.2. The fraction of sp³-hybridized carbons (Fsp3) is 0.696. The number of carbonyl (C=O) groups is 2. The highest BCUT2D eigenvalue weighted by Gasteiger charge is 2.29. The summed E-state index contributed by atoms with van der Waals surface area (Å²) in [6.45, 7) is 9.05. The normalized spacial score (nSPS) is 20.3. The fourth-order valence-corrected chi connectivity index (χ4v) is 4.16. The quantitative estimate of drug-likeness (QED) is 0.603. The smallest absolute Gasteiger partial charge is 0.326 e. The average Bonchev–Trinajstić information content (AvgIpc) is 3.16. The Morgan fingerprint density at radius 2 is 2.17 bits per heavy atom. The minimum absolute atomic E-state index is 0.221. The SMILES string of the molecule is CC(C)(C)C(=O)NC(CCN1CC[C@@H](CCc2ccc3c(n2)NCCC3)C1)C(=O)O. The second kappa shape index (κ2) is 9.77. The maximum Gasteiger partial charge on any atom is 0.326 e. The van der Waals surface area contributed by atoms with Crippen LogP contribution in [0.1, 0.15) is 57.7 Å². The minimum atomic E-state index is -0.963. The molecule has 1 aromatic heterocycles. The topological polar surface area (TPSA) is 94.6 Å². The lowest BCUT2D eigenvalue weighted by Crippen LogP contribution is -2.47. The number of nitrogens with one attached hydrogen (secondary N) is 2. The number of aliphatic carboxylic acids is 1. The van der Waals surface area contributed by atoms with Crippen LogP contribution < -0.4 is 10.6 Å². The number of carboxylic acids is 1. The van der Waals surface area contributed by atoms with Crippen molar-refractivity contribution in [1.29, 1.82) is 0 Å². The molecule has 0 aliphatic carbocycles. The highest BCUT2D eigenvalue weighted by molar-refractivity contribution is 5.86. The number of anilines is 1. The Morgan fingerprint density at radius 3 is 2.90 bits per heavy atom. The molecule has 2 atom stereocenters. The number of carbonyl (C=O) groups excluding carboxylic acids is 1. The van der Waals surface area contributed by atoms with Crippen molar-refractivity contribution in [2.45, 2.75) is 65.3 Å². The molecule has 2 aliphatic heterocycles. The molecule has 1 fully saturated rings. The molecule has 1 amide bonds. The van der Waals surface area contributed by atoms with Gasteiger partial charge in [-0.1, -0.05) is 26.8 Å². The van der Waals surface area contributed by atoms with Crippen molar-refractivity contribution in [3.63, 3.8) is 0 Å². The van der Waals surface area contributed by atoms with Gasteiger partial charge in [-0.25, -0.2) is 9.78 Å². The molecule has 3 heterocycles. The Bertz CT molecular complexity index is 759. The summed E-state index contributed by atoms with van der Waals surface area (Å²) in [6, 6.07) is 3.54. The van der Waals surface area contributed by atoms with Crippen molar-refractivity contribution >= 4 is 17.7 Å². The Labute approximate surface area is 179 Å². The van der Waals surface area contributed by atoms with Crippen LogP contribution in [0.3, 0.4) is 0 Å². The first-order valence-electron chi connectivity index (χ1n) is 11.2. The van der Waals surface area contributed by atoms with E-state index in [2.05, 4.69) is 27.7 Å². The van der Waals surface area contributed by atoms with Crippen LogP contribution in [0.15, 0.2) is 12.1 Å². The number of amides is 1. The molecule has 3 N–H and O–H groups in total. The monoisotopic (exact) mass is 416 g/mol. The molecule has 0 spiro atoms. The van der Waals surface area contributed by atoms with E-state index >= 15 is 0 Å². The number of rotatable bonds is 8. The van der Waals surface area contributed by atoms with Gasteiger partial charge in [-0.15, -0.1) is 0 Å². The molecule has 1 aromatic rings. The molecule has 30 heavy (non-hydrogen) atoms. The van der Waals surface area contributed by atoms with Gasteiger partial charge in [0.1, 0.15) is 11.9 Å². The van der Waals surface area contributed by atoms with E-state index in [-0.39, 0.29) is 5.91 Å². The molecule has 166 valence electrons. The second-order valence-corrected chi connectivity index (χ2v) is 9.74. The van der Waals surface area contributed by atoms with Gasteiger partial charge in [-0.05, 0) is 62.6 Å². The third-order valence-corrected chi connectivity index (χ3v) is 6.15. The van der Waals surface area contributed by atoms with Gasteiger partial charge in [0.05, 0.1) is 0 Å². The summed E-state index contributed by atoms with van der Waals surface area (Å²) in [5.74, 6) is 0.490. The number of aryl methyl sites for hydroxylation is 2. The van der Waals surface area contributed by atoms with Crippen LogP contribution in [0.5, 0.6) is 0 Å². The molecule has 1 saturated heterocycles. The van der Waals surface area contributed by atoms with Gasteiger partial charge >= 0.3 is 5.97 Å². The van der Waals surface area contributed by atoms with E-state index in [0.717, 1.165) is 56.8 Å². The van der Waals surface area contributed by atoms with Gasteiger partial charge in [0.25, 0.3) is 0 Å². The van der Waals surface area contributed by atoms with Crippen LogP contribution in [0, 0.1) is 11.3 Å². The molecule has 0 saturated carbocycles. The van der Waals surface area contributed by atoms with E-state index in [0.29, 0.717) is 18.9 Å². The van der Waals surface area contributed by atoms with Gasteiger partial charge in [-0.2, -0.15) is 0 Å². The molecular formula is C23H36N4O3. The van der Waals surface area contributed by atoms with Crippen LogP contribution in [0.4, 0.5) is 5.82 Å². The third kappa shape index (κ3) is 6.17. The highest BCUT2D eigenvalue weighted by atomic mass is 16.4. The van der Waals surface area contributed by atoms with Crippen molar-refractivity contribution in [2.24, 2.45) is 11.3 Å². The average molecular weight is 417 g/mol. The zero-order valence-electron chi connectivity index (χ0n) is 18.5. The number of carboxylic acid groups (broad SMARTS) is 1. The van der Waals surface area contributed by atoms with Gasteiger partial charge in [0.15, 0.2) is 0 Å². The van der Waals surface area contributed by atoms with Crippen molar-refractivity contribution in [1.82, 2.24) is 15.2 Å². The predicted octanol–water partition coefficient (Wildman–Crippen LogP) is 2.70. The Balaban J connectivity index is 1.42. The highest BCUT2D eigenvalue weighted by Crippen LogP contribution is 2.24. The van der Waals surface area contributed by atoms with Crippen molar-refractivity contribution < 1.29 is 14.7 Å². The summed E-state index contributed by atoms with van der Waals surface area (Å²) in [5, 5.41) is 15.5. The van der Waals surface area contributed by atoms with Crippen LogP contribution in [0.25, 0.3) is 0 Å². The lowest BCUT2D eigenvalue weighted by molar-refractivity contribution is -0.143. The number of hydrogen-bond donors (Lipinski definition) is 3. The van der Waals surface area contributed by atoms with E-state index in [4.69, 9.17) is 4.98 Å². The first kappa shape index (κ1) is 22.5. The molecular weight excluding hydrogens is 380 g/mol. The van der Waals surface area contributed by atoms with Crippen molar-refractivity contribution in [2.75, 3.05) is 31.5 Å². The first-order chi connectivity index (χ1) is 14.2. The molecule has 1 unspecified atom stereocenters. The van der Waals surface area contributed by atoms with E-state index < -0.39 is 17.4 Å². The second-order valence-electron chi connectivity index (χ2n) is 9.74. The lowest BCUT2D eigenvalue weighted by Gasteiger charge is -2.24. The Morgan fingerprint density at radius 1 is 1.37 bits per heavy atom. The zero-order chi connectivity index (χ0) is 21.7. The van der Waals surface area contributed by atoms with Crippen LogP contribution >= 0.6 is 0 Å². The summed E-state index contributed by atoms with van der Waals surface area (Å²) in [4.78, 5) is 30.8. The molecule has 7 heteroatoms. The lowest BCUT2D eigenvalue weighted by atomic mass is 9.95. The van der Waals surface area contributed by atoms with Crippen LogP contribution in [-0.2, 0) is 22.4 Å². The van der Waals surface area contributed by atoms with Crippen molar-refractivity contribution in [3.05, 3.63) is 23.4 Å². The summed E-state index contributed by atoms with van der Waals surface area (Å²) in [5.41, 5.74) is 1.88. The predicted molar refractivity (Wildman–Crippen MR) is 118 cm³/mol. The van der Waals surface area contributed by atoms with E-state index in [1.807, 2.05) is 0 Å². The van der Waals surface area contributed by atoms with Crippen LogP contribution in [0.2, 0.25) is 0 Å². The summed E-state index contributed by atoms with van der Waals surface area (Å²) < 4.78 is 0. The molecule has 3 rings (SSSR count). The number of pyridine rings is 1. The fourth-order valence-electron chi connectivity index (χ4n) is 4.16. The van der Waals surface area contributed by atoms with Gasteiger partial charge < -0.3 is 20.6 Å². The third-order valence-electron chi connectivity index (χ3n) is 6.15. The van der Waals surface area contributed by atoms with Gasteiger partial charge in [0, 0.05) is 30.7 Å². The molecule has 0 bridgehead atoms. The summed E-state index contributed by atoms with van der Waals surface area (Å²) >= 11 is 0. The summed E-state index contributed by atoms with van der Waals surface area (Å²) in [6.07, 6.45) is 5.94. The number of likely N-dealkylation sites (tertiary alicyclic amines) is 1. The number of fused-ring (bicyclic) bond motifs is 1. The molecule has 7 nitrogen and oxygen atoms in total. The Hall–Kier alpha value is -2.15. The van der Waals surface area contributed by atoms with Gasteiger partial charge in [0.2, 0.25) is 5.91 Å². The number of aromatic nitrogens is 1. The zero-order valence-corrected chi connectivity index (χ0v) is 18.5. The standard InChI is InChI=1S/C23H36N4O3/c1-23(2,3)22(30)26-19(21(28)29)11-14-27-13-10-16(15-27)6-8-18-9-7-17-5-4-12-24-20(17)25-18/h7,9,16,19H,4-6,8,10-15H2,1-3H3,(H,24,25)(H,26,30)(H,28,29)/t16-,19?/m1/s1. The maximum absolute atomic E-state index is 12.1. The van der Waals surface area contributed by atoms with E-state index in [1.54, 1.807) is 20.8 Å². The minimum Gasteiger partial charge on any atom is -0.480 e. The number of hydrogen-bond acceptors (Lipinski definition) is 5.